The van der Waals surface area contributed by atoms with Gasteiger partial charge in [-0.15, -0.1) is 0 Å². The number of aromatic nitrogens is 2. The Bertz CT molecular complexity index is 605. The maximum absolute atomic E-state index is 6.17. The zero-order valence-electron chi connectivity index (χ0n) is 10.9. The van der Waals surface area contributed by atoms with Gasteiger partial charge in [-0.2, -0.15) is 0 Å². The van der Waals surface area contributed by atoms with Crippen molar-refractivity contribution in [1.82, 2.24) is 9.55 Å². The minimum atomic E-state index is 0.473. The zero-order valence-corrected chi connectivity index (χ0v) is 11.7. The fraction of sp³-hybridized carbons (Fsp3) is 0.308. The molecule has 1 aromatic carbocycles. The Kier molecular flexibility index (Phi) is 3.22. The lowest BCUT2D eigenvalue weighted by Crippen LogP contribution is -1.97. The molecule has 2 rings (SSSR count). The van der Waals surface area contributed by atoms with E-state index in [-0.39, 0.29) is 0 Å². The van der Waals surface area contributed by atoms with Crippen LogP contribution >= 0.6 is 11.6 Å². The molecule has 0 bridgehead atoms. The molecule has 2 aromatic rings. The number of hydrogen-bond donors (Lipinski definition) is 1. The first kappa shape index (κ1) is 12.8. The summed E-state index contributed by atoms with van der Waals surface area (Å²) in [5.74, 6) is 1.22. The second kappa shape index (κ2) is 4.53. The number of nitrogen functional groups attached to an aromatic ring is 1. The van der Waals surface area contributed by atoms with E-state index in [1.165, 1.54) is 0 Å². The van der Waals surface area contributed by atoms with E-state index >= 15 is 0 Å². The van der Waals surface area contributed by atoms with Crippen LogP contribution in [0.15, 0.2) is 12.1 Å². The summed E-state index contributed by atoms with van der Waals surface area (Å²) in [5, 5.41) is 0.689. The average Bonchev–Trinajstić information content (AvgIpc) is 2.60. The van der Waals surface area contributed by atoms with Crippen LogP contribution in [-0.2, 0) is 7.05 Å². The third-order valence-electron chi connectivity index (χ3n) is 3.15. The van der Waals surface area contributed by atoms with E-state index < -0.39 is 0 Å². The quantitative estimate of drug-likeness (QED) is 0.908. The molecule has 18 heavy (non-hydrogen) atoms. The number of nitrogens with zero attached hydrogens (tertiary/aromatic N) is 2. The van der Waals surface area contributed by atoms with Gasteiger partial charge in [-0.1, -0.05) is 11.6 Å². The molecular weight excluding hydrogens is 250 g/mol. The first-order chi connectivity index (χ1) is 8.45. The van der Waals surface area contributed by atoms with Crippen LogP contribution in [0.3, 0.4) is 0 Å². The van der Waals surface area contributed by atoms with Crippen LogP contribution in [0.2, 0.25) is 5.02 Å². The maximum Gasteiger partial charge on any atom is 0.200 e. The molecule has 0 aliphatic carbocycles. The van der Waals surface area contributed by atoms with Crippen LogP contribution in [0, 0.1) is 13.8 Å². The first-order valence-corrected chi connectivity index (χ1v) is 5.96. The fourth-order valence-corrected chi connectivity index (χ4v) is 2.03. The van der Waals surface area contributed by atoms with E-state index in [2.05, 4.69) is 4.98 Å². The summed E-state index contributed by atoms with van der Waals surface area (Å²) in [6.07, 6.45) is 0. The summed E-state index contributed by atoms with van der Waals surface area (Å²) in [7, 11) is 3.51. The van der Waals surface area contributed by atoms with Crippen LogP contribution in [-0.4, -0.2) is 16.7 Å². The molecule has 0 fully saturated rings. The van der Waals surface area contributed by atoms with Crippen molar-refractivity contribution in [2.75, 3.05) is 12.8 Å². The Hall–Kier alpha value is -1.68. The predicted molar refractivity (Wildman–Crippen MR) is 74.1 cm³/mol. The number of aryl methyl sites for hydroxylation is 1. The number of hydrogen-bond acceptors (Lipinski definition) is 3. The standard InChI is InChI=1S/C13H16ClN3O/c1-7-5-11(18-4)9(6-10(7)14)12-8(2)17(3)13(15)16-12/h5-6H,1-4H3,(H2,15,16). The Labute approximate surface area is 111 Å². The Morgan fingerprint density at radius 2 is 2.00 bits per heavy atom. The van der Waals surface area contributed by atoms with Gasteiger partial charge in [0.1, 0.15) is 5.75 Å². The lowest BCUT2D eigenvalue weighted by atomic mass is 10.1. The number of imidazole rings is 1. The van der Waals surface area contributed by atoms with Crippen molar-refractivity contribution in [2.45, 2.75) is 13.8 Å². The molecule has 0 aliphatic heterocycles. The summed E-state index contributed by atoms with van der Waals surface area (Å²) in [6.45, 7) is 3.90. The molecule has 0 unspecified atom stereocenters. The number of rotatable bonds is 2. The first-order valence-electron chi connectivity index (χ1n) is 5.59. The van der Waals surface area contributed by atoms with Crippen LogP contribution in [0.5, 0.6) is 5.75 Å². The molecule has 0 aliphatic rings. The van der Waals surface area contributed by atoms with Crippen molar-refractivity contribution in [3.8, 4) is 17.0 Å². The van der Waals surface area contributed by atoms with Crippen molar-refractivity contribution in [2.24, 2.45) is 7.05 Å². The fourth-order valence-electron chi connectivity index (χ4n) is 1.87. The van der Waals surface area contributed by atoms with Crippen LogP contribution in [0.25, 0.3) is 11.3 Å². The topological polar surface area (TPSA) is 53.1 Å². The summed E-state index contributed by atoms with van der Waals surface area (Å²) < 4.78 is 7.23. The summed E-state index contributed by atoms with van der Waals surface area (Å²) in [5.41, 5.74) is 9.42. The third-order valence-corrected chi connectivity index (χ3v) is 3.56. The molecular formula is C13H16ClN3O. The smallest absolute Gasteiger partial charge is 0.200 e. The molecule has 2 N–H and O–H groups in total. The van der Waals surface area contributed by atoms with Gasteiger partial charge in [0, 0.05) is 23.3 Å². The van der Waals surface area contributed by atoms with Gasteiger partial charge in [-0.3, -0.25) is 0 Å². The molecule has 1 aromatic heterocycles. The maximum atomic E-state index is 6.17. The van der Waals surface area contributed by atoms with Gasteiger partial charge in [0.05, 0.1) is 12.8 Å². The SMILES string of the molecule is COc1cc(C)c(Cl)cc1-c1nc(N)n(C)c1C. The van der Waals surface area contributed by atoms with E-state index in [1.807, 2.05) is 37.6 Å². The molecule has 0 radical (unpaired) electrons. The third kappa shape index (κ3) is 1.93. The highest BCUT2D eigenvalue weighted by atomic mass is 35.5. The largest absolute Gasteiger partial charge is 0.496 e. The van der Waals surface area contributed by atoms with Gasteiger partial charge in [0.25, 0.3) is 0 Å². The highest BCUT2D eigenvalue weighted by molar-refractivity contribution is 6.31. The van der Waals surface area contributed by atoms with Crippen molar-refractivity contribution >= 4 is 17.5 Å². The van der Waals surface area contributed by atoms with E-state index in [0.29, 0.717) is 11.0 Å². The number of anilines is 1. The molecule has 0 atom stereocenters. The van der Waals surface area contributed by atoms with Gasteiger partial charge < -0.3 is 15.0 Å². The Morgan fingerprint density at radius 3 is 2.50 bits per heavy atom. The molecule has 5 heteroatoms. The van der Waals surface area contributed by atoms with E-state index in [4.69, 9.17) is 22.1 Å². The van der Waals surface area contributed by atoms with Crippen LogP contribution < -0.4 is 10.5 Å². The van der Waals surface area contributed by atoms with E-state index in [1.54, 1.807) is 7.11 Å². The van der Waals surface area contributed by atoms with Crippen molar-refractivity contribution in [3.63, 3.8) is 0 Å². The molecule has 0 amide bonds. The van der Waals surface area contributed by atoms with Gasteiger partial charge >= 0.3 is 0 Å². The van der Waals surface area contributed by atoms with Crippen LogP contribution in [0.4, 0.5) is 5.95 Å². The Morgan fingerprint density at radius 1 is 1.33 bits per heavy atom. The lowest BCUT2D eigenvalue weighted by Gasteiger charge is -2.10. The minimum Gasteiger partial charge on any atom is -0.496 e. The number of ether oxygens (including phenoxy) is 1. The van der Waals surface area contributed by atoms with Crippen molar-refractivity contribution < 1.29 is 4.74 Å². The number of benzene rings is 1. The van der Waals surface area contributed by atoms with E-state index in [0.717, 1.165) is 28.3 Å². The summed E-state index contributed by atoms with van der Waals surface area (Å²) in [4.78, 5) is 4.36. The molecule has 1 heterocycles. The summed E-state index contributed by atoms with van der Waals surface area (Å²) in [6, 6.07) is 3.77. The molecule has 0 spiro atoms. The number of methoxy groups -OCH3 is 1. The lowest BCUT2D eigenvalue weighted by molar-refractivity contribution is 0.416. The summed E-state index contributed by atoms with van der Waals surface area (Å²) >= 11 is 6.17. The highest BCUT2D eigenvalue weighted by Crippen LogP contribution is 2.36. The van der Waals surface area contributed by atoms with Gasteiger partial charge in [0.15, 0.2) is 0 Å². The number of nitrogens with two attached hydrogens (primary N) is 1. The Balaban J connectivity index is 2.70. The van der Waals surface area contributed by atoms with Gasteiger partial charge in [-0.25, -0.2) is 4.98 Å². The molecule has 4 nitrogen and oxygen atoms in total. The predicted octanol–water partition coefficient (Wildman–Crippen LogP) is 2.95. The highest BCUT2D eigenvalue weighted by Gasteiger charge is 2.16. The zero-order chi connectivity index (χ0) is 13.4. The number of halogens is 1. The molecule has 0 saturated heterocycles. The van der Waals surface area contributed by atoms with Crippen molar-refractivity contribution in [3.05, 3.63) is 28.4 Å². The van der Waals surface area contributed by atoms with E-state index in [9.17, 15) is 0 Å². The molecule has 0 saturated carbocycles. The molecule has 96 valence electrons. The van der Waals surface area contributed by atoms with Gasteiger partial charge in [0.2, 0.25) is 5.95 Å². The second-order valence-electron chi connectivity index (χ2n) is 4.26. The van der Waals surface area contributed by atoms with Crippen LogP contribution in [0.1, 0.15) is 11.3 Å². The normalized spacial score (nSPS) is 10.7. The minimum absolute atomic E-state index is 0.473. The van der Waals surface area contributed by atoms with Crippen molar-refractivity contribution in [1.29, 1.82) is 0 Å². The second-order valence-corrected chi connectivity index (χ2v) is 4.67. The van der Waals surface area contributed by atoms with Gasteiger partial charge in [-0.05, 0) is 31.5 Å². The average molecular weight is 266 g/mol. The monoisotopic (exact) mass is 265 g/mol.